The van der Waals surface area contributed by atoms with Crippen molar-refractivity contribution in [2.45, 2.75) is 52.0 Å². The molecule has 19 heavy (non-hydrogen) atoms. The van der Waals surface area contributed by atoms with Gasteiger partial charge in [-0.25, -0.2) is 4.98 Å². The maximum Gasteiger partial charge on any atom is 0.264 e. The van der Waals surface area contributed by atoms with Gasteiger partial charge in [-0.3, -0.25) is 14.0 Å². The zero-order chi connectivity index (χ0) is 13.7. The largest absolute Gasteiger partial charge is 0.299 e. The number of hydrogen-bond donors (Lipinski definition) is 0. The zero-order valence-electron chi connectivity index (χ0n) is 11.8. The monoisotopic (exact) mass is 262 g/mol. The van der Waals surface area contributed by atoms with Crippen LogP contribution < -0.4 is 5.56 Å². The van der Waals surface area contributed by atoms with E-state index in [1.165, 1.54) is 32.1 Å². The van der Waals surface area contributed by atoms with Crippen molar-refractivity contribution >= 4 is 11.0 Å². The van der Waals surface area contributed by atoms with E-state index < -0.39 is 0 Å². The molecule has 0 N–H and O–H groups in total. The van der Waals surface area contributed by atoms with Crippen LogP contribution in [0.25, 0.3) is 11.0 Å². The fourth-order valence-electron chi connectivity index (χ4n) is 2.29. The van der Waals surface area contributed by atoms with Gasteiger partial charge in [0.15, 0.2) is 5.65 Å². The predicted molar refractivity (Wildman–Crippen MR) is 76.1 cm³/mol. The summed E-state index contributed by atoms with van der Waals surface area (Å²) >= 11 is 0. The Balaban J connectivity index is 1.94. The number of unbranched alkanes of at least 4 members (excludes halogenated alkanes) is 5. The molecule has 0 atom stereocenters. The average Bonchev–Trinajstić information content (AvgIpc) is 2.78. The minimum absolute atomic E-state index is 0.0201. The molecule has 0 aromatic carbocycles. The van der Waals surface area contributed by atoms with E-state index in [0.717, 1.165) is 13.0 Å². The molecule has 0 spiro atoms. The van der Waals surface area contributed by atoms with Crippen molar-refractivity contribution in [1.82, 2.24) is 19.3 Å². The molecular weight excluding hydrogens is 240 g/mol. The van der Waals surface area contributed by atoms with Gasteiger partial charge in [0, 0.05) is 13.6 Å². The summed E-state index contributed by atoms with van der Waals surface area (Å²) in [7, 11) is 1.80. The molecule has 0 fully saturated rings. The molecule has 2 aromatic rings. The second-order valence-corrected chi connectivity index (χ2v) is 5.02. The topological polar surface area (TPSA) is 52.7 Å². The van der Waals surface area contributed by atoms with Gasteiger partial charge >= 0.3 is 0 Å². The normalized spacial score (nSPS) is 11.3. The number of hydrogen-bond acceptors (Lipinski definition) is 3. The Kier molecular flexibility index (Phi) is 4.71. The van der Waals surface area contributed by atoms with Crippen LogP contribution in [0.4, 0.5) is 0 Å². The Labute approximate surface area is 113 Å². The van der Waals surface area contributed by atoms with E-state index in [-0.39, 0.29) is 5.56 Å². The van der Waals surface area contributed by atoms with Crippen LogP contribution in [0.15, 0.2) is 17.3 Å². The quantitative estimate of drug-likeness (QED) is 0.720. The van der Waals surface area contributed by atoms with Crippen molar-refractivity contribution in [1.29, 1.82) is 0 Å². The molecular formula is C14H22N4O. The van der Waals surface area contributed by atoms with E-state index >= 15 is 0 Å². The molecule has 0 unspecified atom stereocenters. The van der Waals surface area contributed by atoms with Crippen LogP contribution in [-0.4, -0.2) is 19.3 Å². The van der Waals surface area contributed by atoms with Crippen LogP contribution in [-0.2, 0) is 13.6 Å². The number of rotatable bonds is 7. The van der Waals surface area contributed by atoms with Crippen LogP contribution >= 0.6 is 0 Å². The predicted octanol–water partition coefficient (Wildman–Crippen LogP) is 2.49. The van der Waals surface area contributed by atoms with Crippen molar-refractivity contribution in [3.05, 3.63) is 22.9 Å². The highest BCUT2D eigenvalue weighted by atomic mass is 16.1. The van der Waals surface area contributed by atoms with Gasteiger partial charge in [0.25, 0.3) is 5.56 Å². The first-order valence-electron chi connectivity index (χ1n) is 7.11. The van der Waals surface area contributed by atoms with Gasteiger partial charge in [-0.1, -0.05) is 39.0 Å². The summed E-state index contributed by atoms with van der Waals surface area (Å²) in [6, 6.07) is 0. The third-order valence-electron chi connectivity index (χ3n) is 3.47. The van der Waals surface area contributed by atoms with Crippen LogP contribution in [0.3, 0.4) is 0 Å². The van der Waals surface area contributed by atoms with Crippen LogP contribution in [0.2, 0.25) is 0 Å². The number of aryl methyl sites for hydroxylation is 2. The Bertz CT molecular complexity index is 585. The fourth-order valence-corrected chi connectivity index (χ4v) is 2.29. The number of fused-ring (bicyclic) bond motifs is 1. The van der Waals surface area contributed by atoms with E-state index in [1.54, 1.807) is 28.8 Å². The van der Waals surface area contributed by atoms with Crippen LogP contribution in [0.5, 0.6) is 0 Å². The minimum atomic E-state index is 0.0201. The molecule has 104 valence electrons. The highest BCUT2D eigenvalue weighted by Crippen LogP contribution is 2.07. The zero-order valence-corrected chi connectivity index (χ0v) is 11.8. The summed E-state index contributed by atoms with van der Waals surface area (Å²) in [5, 5.41) is 4.68. The fraction of sp³-hybridized carbons (Fsp3) is 0.643. The smallest absolute Gasteiger partial charge is 0.264 e. The SMILES string of the molecule is CCCCCCCCn1cnc2c(cnn2C)c1=O. The Morgan fingerprint density at radius 2 is 1.89 bits per heavy atom. The molecule has 0 aliphatic heterocycles. The molecule has 5 nitrogen and oxygen atoms in total. The summed E-state index contributed by atoms with van der Waals surface area (Å²) < 4.78 is 3.33. The Hall–Kier alpha value is -1.65. The van der Waals surface area contributed by atoms with Gasteiger partial charge < -0.3 is 0 Å². The first-order valence-corrected chi connectivity index (χ1v) is 7.11. The van der Waals surface area contributed by atoms with Gasteiger partial charge in [0.2, 0.25) is 0 Å². The van der Waals surface area contributed by atoms with Crippen molar-refractivity contribution in [3.63, 3.8) is 0 Å². The average molecular weight is 262 g/mol. The van der Waals surface area contributed by atoms with E-state index in [4.69, 9.17) is 0 Å². The Morgan fingerprint density at radius 1 is 1.16 bits per heavy atom. The third kappa shape index (κ3) is 3.22. The number of nitrogens with zero attached hydrogens (tertiary/aromatic N) is 4. The van der Waals surface area contributed by atoms with E-state index in [1.807, 2.05) is 0 Å². The summed E-state index contributed by atoms with van der Waals surface area (Å²) in [5.41, 5.74) is 0.677. The molecule has 2 rings (SSSR count). The highest BCUT2D eigenvalue weighted by Gasteiger charge is 2.07. The lowest BCUT2D eigenvalue weighted by Crippen LogP contribution is -2.20. The van der Waals surface area contributed by atoms with Crippen molar-refractivity contribution in [2.75, 3.05) is 0 Å². The molecule has 0 aliphatic rings. The van der Waals surface area contributed by atoms with Crippen LogP contribution in [0.1, 0.15) is 45.4 Å². The molecule has 0 radical (unpaired) electrons. The van der Waals surface area contributed by atoms with Crippen molar-refractivity contribution in [3.8, 4) is 0 Å². The van der Waals surface area contributed by atoms with E-state index in [0.29, 0.717) is 11.0 Å². The second kappa shape index (κ2) is 6.50. The standard InChI is InChI=1S/C14H22N4O/c1-3-4-5-6-7-8-9-18-11-15-13-12(14(18)19)10-16-17(13)2/h10-11H,3-9H2,1-2H3. The Morgan fingerprint density at radius 3 is 2.68 bits per heavy atom. The summed E-state index contributed by atoms with van der Waals surface area (Å²) in [4.78, 5) is 16.5. The van der Waals surface area contributed by atoms with Gasteiger partial charge in [0.1, 0.15) is 5.39 Å². The molecule has 5 heteroatoms. The van der Waals surface area contributed by atoms with Gasteiger partial charge in [0.05, 0.1) is 12.5 Å². The lowest BCUT2D eigenvalue weighted by molar-refractivity contribution is 0.547. The van der Waals surface area contributed by atoms with Gasteiger partial charge in [-0.2, -0.15) is 5.10 Å². The lowest BCUT2D eigenvalue weighted by atomic mass is 10.1. The molecule has 2 heterocycles. The molecule has 0 saturated carbocycles. The maximum absolute atomic E-state index is 12.2. The summed E-state index contributed by atoms with van der Waals surface area (Å²) in [6.45, 7) is 2.97. The van der Waals surface area contributed by atoms with E-state index in [9.17, 15) is 4.79 Å². The summed E-state index contributed by atoms with van der Waals surface area (Å²) in [5.74, 6) is 0. The molecule has 0 saturated heterocycles. The molecule has 0 aliphatic carbocycles. The second-order valence-electron chi connectivity index (χ2n) is 5.02. The molecule has 2 aromatic heterocycles. The van der Waals surface area contributed by atoms with E-state index in [2.05, 4.69) is 17.0 Å². The lowest BCUT2D eigenvalue weighted by Gasteiger charge is -2.05. The molecule has 0 bridgehead atoms. The molecule has 0 amide bonds. The first-order chi connectivity index (χ1) is 9.24. The third-order valence-corrected chi connectivity index (χ3v) is 3.47. The van der Waals surface area contributed by atoms with Crippen molar-refractivity contribution < 1.29 is 0 Å². The van der Waals surface area contributed by atoms with Gasteiger partial charge in [-0.15, -0.1) is 0 Å². The number of aromatic nitrogens is 4. The first kappa shape index (κ1) is 13.8. The minimum Gasteiger partial charge on any atom is -0.299 e. The van der Waals surface area contributed by atoms with Crippen LogP contribution in [0, 0.1) is 0 Å². The van der Waals surface area contributed by atoms with Crippen molar-refractivity contribution in [2.24, 2.45) is 7.05 Å². The maximum atomic E-state index is 12.2. The van der Waals surface area contributed by atoms with Gasteiger partial charge in [-0.05, 0) is 6.42 Å². The highest BCUT2D eigenvalue weighted by molar-refractivity contribution is 5.72. The summed E-state index contributed by atoms with van der Waals surface area (Å²) in [6.07, 6.45) is 10.6.